The summed E-state index contributed by atoms with van der Waals surface area (Å²) in [6, 6.07) is 15.3. The molecule has 2 N–H and O–H groups in total. The van der Waals surface area contributed by atoms with Gasteiger partial charge in [-0.2, -0.15) is 0 Å². The van der Waals surface area contributed by atoms with E-state index in [1.54, 1.807) is 0 Å². The van der Waals surface area contributed by atoms with E-state index < -0.39 is 27.9 Å². The maximum Gasteiger partial charge on any atom is 0.265 e. The minimum Gasteiger partial charge on any atom is -0.481 e. The third-order valence-corrected chi connectivity index (χ3v) is 6.03. The Morgan fingerprint density at radius 1 is 1.00 bits per heavy atom. The quantitative estimate of drug-likeness (QED) is 0.475. The van der Waals surface area contributed by atoms with E-state index in [1.165, 1.54) is 73.7 Å². The SMILES string of the molecule is CC(Oc1ccc(F)cc1)C(=O)Nc1ccc(S(=O)(=O)Nc2ccc(Cl)cc2Cl)cc1. The zero-order chi connectivity index (χ0) is 22.6. The van der Waals surface area contributed by atoms with Crippen LogP contribution >= 0.6 is 23.2 Å². The number of nitrogens with one attached hydrogen (secondary N) is 2. The number of hydrogen-bond donors (Lipinski definition) is 2. The molecule has 3 aromatic carbocycles. The van der Waals surface area contributed by atoms with Gasteiger partial charge in [-0.05, 0) is 73.7 Å². The van der Waals surface area contributed by atoms with Crippen molar-refractivity contribution >= 4 is 50.5 Å². The Labute approximate surface area is 189 Å². The lowest BCUT2D eigenvalue weighted by molar-refractivity contribution is -0.122. The topological polar surface area (TPSA) is 84.5 Å². The van der Waals surface area contributed by atoms with Gasteiger partial charge in [0.1, 0.15) is 11.6 Å². The molecule has 0 aliphatic rings. The van der Waals surface area contributed by atoms with Crippen LogP contribution < -0.4 is 14.8 Å². The van der Waals surface area contributed by atoms with E-state index in [0.29, 0.717) is 16.5 Å². The van der Waals surface area contributed by atoms with E-state index in [4.69, 9.17) is 27.9 Å². The molecule has 31 heavy (non-hydrogen) atoms. The molecule has 6 nitrogen and oxygen atoms in total. The maximum atomic E-state index is 13.0. The average Bonchev–Trinajstić information content (AvgIpc) is 2.72. The molecule has 162 valence electrons. The van der Waals surface area contributed by atoms with Gasteiger partial charge in [0.15, 0.2) is 6.10 Å². The maximum absolute atomic E-state index is 13.0. The van der Waals surface area contributed by atoms with Crippen molar-refractivity contribution in [2.75, 3.05) is 10.0 Å². The number of hydrogen-bond acceptors (Lipinski definition) is 4. The minimum atomic E-state index is -3.90. The van der Waals surface area contributed by atoms with Gasteiger partial charge in [-0.3, -0.25) is 9.52 Å². The van der Waals surface area contributed by atoms with E-state index in [0.717, 1.165) is 0 Å². The van der Waals surface area contributed by atoms with E-state index >= 15 is 0 Å². The smallest absolute Gasteiger partial charge is 0.265 e. The molecule has 10 heteroatoms. The lowest BCUT2D eigenvalue weighted by Crippen LogP contribution is -2.30. The number of carbonyl (C=O) groups excluding carboxylic acids is 1. The van der Waals surface area contributed by atoms with Gasteiger partial charge in [-0.15, -0.1) is 0 Å². The summed E-state index contributed by atoms with van der Waals surface area (Å²) in [4.78, 5) is 12.3. The summed E-state index contributed by atoms with van der Waals surface area (Å²) in [6.07, 6.45) is -0.859. The number of halogens is 3. The van der Waals surface area contributed by atoms with Gasteiger partial charge in [-0.25, -0.2) is 12.8 Å². The van der Waals surface area contributed by atoms with Gasteiger partial charge in [0.2, 0.25) is 0 Å². The second-order valence-electron chi connectivity index (χ2n) is 6.46. The molecule has 0 aromatic heterocycles. The molecular weight excluding hydrogens is 466 g/mol. The first-order chi connectivity index (χ1) is 14.6. The molecule has 0 spiro atoms. The van der Waals surface area contributed by atoms with Crippen LogP contribution in [0.25, 0.3) is 0 Å². The summed E-state index contributed by atoms with van der Waals surface area (Å²) in [7, 11) is -3.90. The number of benzene rings is 3. The third-order valence-electron chi connectivity index (χ3n) is 4.10. The molecular formula is C21H17Cl2FN2O4S. The van der Waals surface area contributed by atoms with Crippen molar-refractivity contribution in [1.82, 2.24) is 0 Å². The highest BCUT2D eigenvalue weighted by atomic mass is 35.5. The molecule has 1 atom stereocenters. The minimum absolute atomic E-state index is 0.0212. The predicted octanol–water partition coefficient (Wildman–Crippen LogP) is 5.34. The summed E-state index contributed by atoms with van der Waals surface area (Å²) in [5, 5.41) is 3.17. The van der Waals surface area contributed by atoms with Gasteiger partial charge in [0.25, 0.3) is 15.9 Å². The van der Waals surface area contributed by atoms with Gasteiger partial charge < -0.3 is 10.1 Å². The molecule has 0 saturated carbocycles. The van der Waals surface area contributed by atoms with Crippen molar-refractivity contribution < 1.29 is 22.3 Å². The highest BCUT2D eigenvalue weighted by molar-refractivity contribution is 7.92. The van der Waals surface area contributed by atoms with Crippen molar-refractivity contribution in [1.29, 1.82) is 0 Å². The van der Waals surface area contributed by atoms with Crippen molar-refractivity contribution in [2.45, 2.75) is 17.9 Å². The van der Waals surface area contributed by atoms with Gasteiger partial charge >= 0.3 is 0 Å². The zero-order valence-electron chi connectivity index (χ0n) is 16.1. The summed E-state index contributed by atoms with van der Waals surface area (Å²) < 4.78 is 45.9. The summed E-state index contributed by atoms with van der Waals surface area (Å²) in [6.45, 7) is 1.54. The van der Waals surface area contributed by atoms with Gasteiger partial charge in [-0.1, -0.05) is 23.2 Å². The highest BCUT2D eigenvalue weighted by Crippen LogP contribution is 2.28. The largest absolute Gasteiger partial charge is 0.481 e. The molecule has 0 saturated heterocycles. The van der Waals surface area contributed by atoms with E-state index in [1.807, 2.05) is 0 Å². The first kappa shape index (κ1) is 22.9. The van der Waals surface area contributed by atoms with E-state index in [2.05, 4.69) is 10.0 Å². The Balaban J connectivity index is 1.64. The standard InChI is InChI=1S/C21H17Cl2FN2O4S/c1-13(30-17-7-3-15(24)4-8-17)21(27)25-16-5-9-18(10-6-16)31(28,29)26-20-11-2-14(22)12-19(20)23/h2-13,26H,1H3,(H,25,27). The van der Waals surface area contributed by atoms with Crippen LogP contribution in [0.15, 0.2) is 71.6 Å². The number of sulfonamides is 1. The van der Waals surface area contributed by atoms with Crippen LogP contribution in [0.4, 0.5) is 15.8 Å². The van der Waals surface area contributed by atoms with Crippen molar-refractivity contribution in [3.63, 3.8) is 0 Å². The van der Waals surface area contributed by atoms with Crippen LogP contribution in [0.2, 0.25) is 10.0 Å². The average molecular weight is 483 g/mol. The van der Waals surface area contributed by atoms with Crippen LogP contribution in [0, 0.1) is 5.82 Å². The zero-order valence-corrected chi connectivity index (χ0v) is 18.4. The Hall–Kier alpha value is -2.81. The van der Waals surface area contributed by atoms with Crippen LogP contribution in [0.3, 0.4) is 0 Å². The number of anilines is 2. The predicted molar refractivity (Wildman–Crippen MR) is 119 cm³/mol. The Morgan fingerprint density at radius 2 is 1.65 bits per heavy atom. The van der Waals surface area contributed by atoms with Crippen LogP contribution in [0.5, 0.6) is 5.75 Å². The Kier molecular flexibility index (Phi) is 7.04. The Bertz CT molecular complexity index is 1190. The second-order valence-corrected chi connectivity index (χ2v) is 8.98. The van der Waals surface area contributed by atoms with Crippen molar-refractivity contribution in [3.05, 3.63) is 82.6 Å². The van der Waals surface area contributed by atoms with E-state index in [-0.39, 0.29) is 15.6 Å². The third kappa shape index (κ3) is 6.10. The first-order valence-electron chi connectivity index (χ1n) is 8.95. The molecule has 0 bridgehead atoms. The van der Waals surface area contributed by atoms with Crippen molar-refractivity contribution in [2.24, 2.45) is 0 Å². The Morgan fingerprint density at radius 3 is 2.26 bits per heavy atom. The highest BCUT2D eigenvalue weighted by Gasteiger charge is 2.18. The van der Waals surface area contributed by atoms with Gasteiger partial charge in [0, 0.05) is 10.7 Å². The molecule has 0 aliphatic heterocycles. The molecule has 1 amide bonds. The lowest BCUT2D eigenvalue weighted by Gasteiger charge is -2.15. The molecule has 3 rings (SSSR count). The lowest BCUT2D eigenvalue weighted by atomic mass is 10.3. The molecule has 1 unspecified atom stereocenters. The number of rotatable bonds is 7. The molecule has 0 heterocycles. The molecule has 0 aliphatic carbocycles. The summed E-state index contributed by atoms with van der Waals surface area (Å²) >= 11 is 11.8. The summed E-state index contributed by atoms with van der Waals surface area (Å²) in [5.74, 6) is -0.518. The van der Waals surface area contributed by atoms with E-state index in [9.17, 15) is 17.6 Å². The molecule has 0 radical (unpaired) electrons. The fourth-order valence-corrected chi connectivity index (χ4v) is 4.10. The fraction of sp³-hybridized carbons (Fsp3) is 0.0952. The number of ether oxygens (including phenoxy) is 1. The first-order valence-corrected chi connectivity index (χ1v) is 11.2. The number of amides is 1. The fourth-order valence-electron chi connectivity index (χ4n) is 2.51. The monoisotopic (exact) mass is 482 g/mol. The molecule has 3 aromatic rings. The number of carbonyl (C=O) groups is 1. The summed E-state index contributed by atoms with van der Waals surface area (Å²) in [5.41, 5.74) is 0.568. The van der Waals surface area contributed by atoms with Gasteiger partial charge in [0.05, 0.1) is 15.6 Å². The van der Waals surface area contributed by atoms with Crippen molar-refractivity contribution in [3.8, 4) is 5.75 Å². The van der Waals surface area contributed by atoms with Crippen LogP contribution in [-0.2, 0) is 14.8 Å². The van der Waals surface area contributed by atoms with Crippen LogP contribution in [0.1, 0.15) is 6.92 Å². The normalized spacial score (nSPS) is 12.1. The second kappa shape index (κ2) is 9.55. The molecule has 0 fully saturated rings. The van der Waals surface area contributed by atoms with Crippen LogP contribution in [-0.4, -0.2) is 20.4 Å².